The number of amides is 2. The monoisotopic (exact) mass is 369 g/mol. The first kappa shape index (κ1) is 20.1. The van der Waals surface area contributed by atoms with Crippen LogP contribution in [0.5, 0.6) is 0 Å². The van der Waals surface area contributed by atoms with E-state index < -0.39 is 23.1 Å². The van der Waals surface area contributed by atoms with Crippen LogP contribution in [-0.4, -0.2) is 66.7 Å². The molecule has 8 heteroatoms. The molecule has 0 radical (unpaired) electrons. The summed E-state index contributed by atoms with van der Waals surface area (Å²) in [5.41, 5.74) is -0.829. The first-order valence-corrected chi connectivity index (χ1v) is 8.59. The number of nitrogens with one attached hydrogen (secondary N) is 1. The van der Waals surface area contributed by atoms with Crippen LogP contribution in [0.3, 0.4) is 0 Å². The van der Waals surface area contributed by atoms with E-state index in [4.69, 9.17) is 4.74 Å². The van der Waals surface area contributed by atoms with Crippen LogP contribution in [-0.2, 0) is 4.74 Å². The van der Waals surface area contributed by atoms with Crippen molar-refractivity contribution in [2.75, 3.05) is 39.3 Å². The molecule has 6 nitrogen and oxygen atoms in total. The van der Waals surface area contributed by atoms with Gasteiger partial charge in [-0.2, -0.15) is 0 Å². The van der Waals surface area contributed by atoms with E-state index in [0.29, 0.717) is 39.3 Å². The van der Waals surface area contributed by atoms with Gasteiger partial charge in [0.25, 0.3) is 5.91 Å². The van der Waals surface area contributed by atoms with Crippen LogP contribution in [0.25, 0.3) is 0 Å². The highest BCUT2D eigenvalue weighted by Gasteiger charge is 2.25. The fraction of sp³-hybridized carbons (Fsp3) is 0.556. The number of benzene rings is 1. The van der Waals surface area contributed by atoms with Crippen molar-refractivity contribution in [1.29, 1.82) is 0 Å². The molecule has 0 bridgehead atoms. The van der Waals surface area contributed by atoms with Crippen LogP contribution in [0.2, 0.25) is 0 Å². The molecule has 1 aliphatic heterocycles. The molecule has 26 heavy (non-hydrogen) atoms. The number of halogens is 2. The van der Waals surface area contributed by atoms with E-state index in [1.807, 2.05) is 20.8 Å². The third-order valence-electron chi connectivity index (χ3n) is 3.91. The molecule has 1 aromatic carbocycles. The van der Waals surface area contributed by atoms with Gasteiger partial charge in [-0.15, -0.1) is 0 Å². The Hall–Kier alpha value is -2.22. The van der Waals surface area contributed by atoms with Gasteiger partial charge in [0, 0.05) is 39.3 Å². The van der Waals surface area contributed by atoms with Gasteiger partial charge in [-0.05, 0) is 39.0 Å². The highest BCUT2D eigenvalue weighted by Crippen LogP contribution is 2.12. The summed E-state index contributed by atoms with van der Waals surface area (Å²) in [7, 11) is 0. The molecule has 1 heterocycles. The summed E-state index contributed by atoms with van der Waals surface area (Å²) in [4.78, 5) is 27.7. The fourth-order valence-electron chi connectivity index (χ4n) is 2.57. The zero-order valence-corrected chi connectivity index (χ0v) is 15.3. The number of ether oxygens (including phenoxy) is 1. The highest BCUT2D eigenvalue weighted by molar-refractivity contribution is 5.94. The van der Waals surface area contributed by atoms with Crippen LogP contribution in [0.4, 0.5) is 13.6 Å². The van der Waals surface area contributed by atoms with Gasteiger partial charge in [0.15, 0.2) is 0 Å². The lowest BCUT2D eigenvalue weighted by Gasteiger charge is -2.35. The molecule has 2 rings (SSSR count). The van der Waals surface area contributed by atoms with Crippen LogP contribution >= 0.6 is 0 Å². The molecule has 1 aromatic rings. The SMILES string of the molecule is CC(C)(C)OC(=O)N1CCN(CCNC(=O)c2cc(F)ccc2F)CC1. The van der Waals surface area contributed by atoms with Crippen LogP contribution in [0, 0.1) is 11.6 Å². The van der Waals surface area contributed by atoms with E-state index in [9.17, 15) is 18.4 Å². The smallest absolute Gasteiger partial charge is 0.410 e. The maximum Gasteiger partial charge on any atom is 0.410 e. The number of nitrogens with zero attached hydrogens (tertiary/aromatic N) is 2. The second kappa shape index (κ2) is 8.44. The van der Waals surface area contributed by atoms with E-state index >= 15 is 0 Å². The minimum absolute atomic E-state index is 0.306. The van der Waals surface area contributed by atoms with E-state index in [1.165, 1.54) is 0 Å². The minimum atomic E-state index is -0.755. The van der Waals surface area contributed by atoms with Crippen molar-refractivity contribution < 1.29 is 23.1 Å². The van der Waals surface area contributed by atoms with Crippen molar-refractivity contribution in [1.82, 2.24) is 15.1 Å². The lowest BCUT2D eigenvalue weighted by molar-refractivity contribution is 0.0147. The average Bonchev–Trinajstić information content (AvgIpc) is 2.56. The number of hydrogen-bond donors (Lipinski definition) is 1. The lowest BCUT2D eigenvalue weighted by Crippen LogP contribution is -2.51. The Morgan fingerprint density at radius 1 is 1.15 bits per heavy atom. The van der Waals surface area contributed by atoms with E-state index in [1.54, 1.807) is 4.90 Å². The van der Waals surface area contributed by atoms with Crippen molar-refractivity contribution >= 4 is 12.0 Å². The Labute approximate surface area is 152 Å². The Balaban J connectivity index is 1.73. The third-order valence-corrected chi connectivity index (χ3v) is 3.91. The zero-order valence-electron chi connectivity index (χ0n) is 15.3. The van der Waals surface area contributed by atoms with Crippen molar-refractivity contribution in [2.45, 2.75) is 26.4 Å². The molecule has 2 amide bonds. The quantitative estimate of drug-likeness (QED) is 0.884. The minimum Gasteiger partial charge on any atom is -0.444 e. The summed E-state index contributed by atoms with van der Waals surface area (Å²) in [5, 5.41) is 2.59. The molecule has 0 unspecified atom stereocenters. The van der Waals surface area contributed by atoms with Gasteiger partial charge in [-0.1, -0.05) is 0 Å². The van der Waals surface area contributed by atoms with Gasteiger partial charge in [0.2, 0.25) is 0 Å². The molecule has 1 saturated heterocycles. The second-order valence-corrected chi connectivity index (χ2v) is 7.19. The van der Waals surface area contributed by atoms with Crippen LogP contribution < -0.4 is 5.32 Å². The predicted octanol–water partition coefficient (Wildman–Crippen LogP) is 2.25. The van der Waals surface area contributed by atoms with Gasteiger partial charge in [-0.25, -0.2) is 13.6 Å². The van der Waals surface area contributed by atoms with Crippen molar-refractivity contribution in [3.63, 3.8) is 0 Å². The molecule has 1 aliphatic rings. The second-order valence-electron chi connectivity index (χ2n) is 7.19. The zero-order chi connectivity index (χ0) is 19.3. The lowest BCUT2D eigenvalue weighted by atomic mass is 10.2. The fourth-order valence-corrected chi connectivity index (χ4v) is 2.57. The molecule has 1 N–H and O–H groups in total. The first-order chi connectivity index (χ1) is 12.2. The normalized spacial score (nSPS) is 15.7. The molecule has 0 aromatic heterocycles. The Morgan fingerprint density at radius 2 is 1.81 bits per heavy atom. The van der Waals surface area contributed by atoms with E-state index in [-0.39, 0.29) is 11.7 Å². The maximum absolute atomic E-state index is 13.6. The molecule has 0 aliphatic carbocycles. The Kier molecular flexibility index (Phi) is 6.52. The largest absolute Gasteiger partial charge is 0.444 e. The summed E-state index contributed by atoms with van der Waals surface area (Å²) in [6.07, 6.45) is -0.327. The predicted molar refractivity (Wildman–Crippen MR) is 92.9 cm³/mol. The Bertz CT molecular complexity index is 654. The average molecular weight is 369 g/mol. The summed E-state index contributed by atoms with van der Waals surface area (Å²) in [5.74, 6) is -2.06. The van der Waals surface area contributed by atoms with Crippen LogP contribution in [0.15, 0.2) is 18.2 Å². The molecule has 1 fully saturated rings. The van der Waals surface area contributed by atoms with Gasteiger partial charge < -0.3 is 15.0 Å². The maximum atomic E-state index is 13.6. The Morgan fingerprint density at radius 3 is 2.42 bits per heavy atom. The van der Waals surface area contributed by atoms with Crippen molar-refractivity contribution in [3.8, 4) is 0 Å². The topological polar surface area (TPSA) is 61.9 Å². The first-order valence-electron chi connectivity index (χ1n) is 8.59. The van der Waals surface area contributed by atoms with Crippen molar-refractivity contribution in [3.05, 3.63) is 35.4 Å². The number of rotatable bonds is 4. The van der Waals surface area contributed by atoms with Gasteiger partial charge >= 0.3 is 6.09 Å². The highest BCUT2D eigenvalue weighted by atomic mass is 19.1. The van der Waals surface area contributed by atoms with Crippen molar-refractivity contribution in [2.24, 2.45) is 0 Å². The van der Waals surface area contributed by atoms with Gasteiger partial charge in [0.1, 0.15) is 17.2 Å². The van der Waals surface area contributed by atoms with E-state index in [0.717, 1.165) is 18.2 Å². The molecule has 0 spiro atoms. The molecular formula is C18H25F2N3O3. The molecule has 144 valence electrons. The number of carbonyl (C=O) groups is 2. The molecular weight excluding hydrogens is 344 g/mol. The van der Waals surface area contributed by atoms with Crippen LogP contribution in [0.1, 0.15) is 31.1 Å². The number of piperazine rings is 1. The van der Waals surface area contributed by atoms with Gasteiger partial charge in [0.05, 0.1) is 5.56 Å². The summed E-state index contributed by atoms with van der Waals surface area (Å²) in [6, 6.07) is 2.78. The number of carbonyl (C=O) groups excluding carboxylic acids is 2. The summed E-state index contributed by atoms with van der Waals surface area (Å²) >= 11 is 0. The standard InChI is InChI=1S/C18H25F2N3O3/c1-18(2,3)26-17(25)23-10-8-22(9-11-23)7-6-21-16(24)14-12-13(19)4-5-15(14)20/h4-5,12H,6-11H2,1-3H3,(H,21,24). The summed E-state index contributed by atoms with van der Waals surface area (Å²) in [6.45, 7) is 8.74. The molecule has 0 saturated carbocycles. The number of hydrogen-bond acceptors (Lipinski definition) is 4. The van der Waals surface area contributed by atoms with E-state index in [2.05, 4.69) is 10.2 Å². The third kappa shape index (κ3) is 5.94. The summed E-state index contributed by atoms with van der Waals surface area (Å²) < 4.78 is 32.0. The van der Waals surface area contributed by atoms with Gasteiger partial charge in [-0.3, -0.25) is 9.69 Å². The molecule has 0 atom stereocenters.